The second kappa shape index (κ2) is 6.35. The number of methoxy groups -OCH3 is 1. The molecule has 3 N–H and O–H groups in total. The largest absolute Gasteiger partial charge is 0.399 e. The Balaban J connectivity index is 2.73. The van der Waals surface area contributed by atoms with Gasteiger partial charge >= 0.3 is 0 Å². The van der Waals surface area contributed by atoms with Crippen LogP contribution in [0.2, 0.25) is 0 Å². The number of ether oxygens (including phenoxy) is 1. The lowest BCUT2D eigenvalue weighted by molar-refractivity contribution is 0.0930. The molecule has 18 heavy (non-hydrogen) atoms. The topological polar surface area (TPSA) is 64.3 Å². The summed E-state index contributed by atoms with van der Waals surface area (Å²) in [6.45, 7) is 4.49. The fourth-order valence-corrected chi connectivity index (χ4v) is 1.67. The standard InChI is InChI=1S/C13H19FN2O2/c1-8(7-18-3)6-16-13(17)11-5-10(15)4-9(2)12(11)14/h4-5,8H,6-7,15H2,1-3H3,(H,16,17). The number of carbonyl (C=O) groups is 1. The molecular formula is C13H19FN2O2. The maximum absolute atomic E-state index is 13.8. The highest BCUT2D eigenvalue weighted by Gasteiger charge is 2.15. The third-order valence-electron chi connectivity index (χ3n) is 2.58. The number of nitrogens with one attached hydrogen (secondary N) is 1. The van der Waals surface area contributed by atoms with Gasteiger partial charge in [0.25, 0.3) is 5.91 Å². The van der Waals surface area contributed by atoms with E-state index < -0.39 is 11.7 Å². The van der Waals surface area contributed by atoms with Crippen molar-refractivity contribution >= 4 is 11.6 Å². The molecule has 0 spiro atoms. The lowest BCUT2D eigenvalue weighted by Gasteiger charge is -2.12. The van der Waals surface area contributed by atoms with E-state index in [1.165, 1.54) is 12.1 Å². The van der Waals surface area contributed by atoms with E-state index in [1.54, 1.807) is 14.0 Å². The molecule has 0 bridgehead atoms. The molecule has 0 aliphatic rings. The fraction of sp³-hybridized carbons (Fsp3) is 0.462. The van der Waals surface area contributed by atoms with E-state index >= 15 is 0 Å². The molecule has 5 heteroatoms. The van der Waals surface area contributed by atoms with Gasteiger partial charge in [-0.2, -0.15) is 0 Å². The molecule has 4 nitrogen and oxygen atoms in total. The molecular weight excluding hydrogens is 235 g/mol. The quantitative estimate of drug-likeness (QED) is 0.786. The smallest absolute Gasteiger partial charge is 0.254 e. The summed E-state index contributed by atoms with van der Waals surface area (Å²) in [6, 6.07) is 2.85. The summed E-state index contributed by atoms with van der Waals surface area (Å²) in [6.07, 6.45) is 0. The van der Waals surface area contributed by atoms with E-state index in [0.717, 1.165) is 0 Å². The molecule has 0 fully saturated rings. The minimum atomic E-state index is -0.527. The van der Waals surface area contributed by atoms with Crippen LogP contribution in [0, 0.1) is 18.7 Å². The Hall–Kier alpha value is -1.62. The summed E-state index contributed by atoms with van der Waals surface area (Å²) >= 11 is 0. The molecule has 1 unspecified atom stereocenters. The van der Waals surface area contributed by atoms with Crippen LogP contribution in [-0.4, -0.2) is 26.2 Å². The van der Waals surface area contributed by atoms with E-state index in [2.05, 4.69) is 5.32 Å². The van der Waals surface area contributed by atoms with Crippen LogP contribution in [0.4, 0.5) is 10.1 Å². The van der Waals surface area contributed by atoms with Gasteiger partial charge < -0.3 is 15.8 Å². The third kappa shape index (κ3) is 3.70. The minimum Gasteiger partial charge on any atom is -0.399 e. The highest BCUT2D eigenvalue weighted by molar-refractivity contribution is 5.95. The van der Waals surface area contributed by atoms with Crippen molar-refractivity contribution in [3.8, 4) is 0 Å². The molecule has 1 rings (SSSR count). The minimum absolute atomic E-state index is 0.0166. The van der Waals surface area contributed by atoms with Gasteiger partial charge in [0.05, 0.1) is 12.2 Å². The van der Waals surface area contributed by atoms with E-state index in [4.69, 9.17) is 10.5 Å². The summed E-state index contributed by atoms with van der Waals surface area (Å²) in [5.41, 5.74) is 6.33. The number of hydrogen-bond donors (Lipinski definition) is 2. The van der Waals surface area contributed by atoms with Crippen LogP contribution in [0.1, 0.15) is 22.8 Å². The Labute approximate surface area is 106 Å². The summed E-state index contributed by atoms with van der Waals surface area (Å²) in [5, 5.41) is 2.66. The number of aryl methyl sites for hydroxylation is 1. The van der Waals surface area contributed by atoms with Gasteiger partial charge in [0.15, 0.2) is 0 Å². The number of benzene rings is 1. The number of nitrogens with two attached hydrogens (primary N) is 1. The summed E-state index contributed by atoms with van der Waals surface area (Å²) < 4.78 is 18.7. The van der Waals surface area contributed by atoms with Crippen LogP contribution in [-0.2, 0) is 4.74 Å². The molecule has 100 valence electrons. The maximum atomic E-state index is 13.8. The molecule has 0 aliphatic carbocycles. The van der Waals surface area contributed by atoms with Gasteiger partial charge in [-0.15, -0.1) is 0 Å². The normalized spacial score (nSPS) is 12.2. The van der Waals surface area contributed by atoms with E-state index in [9.17, 15) is 9.18 Å². The first kappa shape index (κ1) is 14.4. The monoisotopic (exact) mass is 254 g/mol. The number of carbonyl (C=O) groups excluding carboxylic acids is 1. The van der Waals surface area contributed by atoms with Gasteiger partial charge in [-0.05, 0) is 30.5 Å². The van der Waals surface area contributed by atoms with Crippen LogP contribution in [0.3, 0.4) is 0 Å². The number of hydrogen-bond acceptors (Lipinski definition) is 3. The average molecular weight is 254 g/mol. The first-order valence-electron chi connectivity index (χ1n) is 5.78. The first-order valence-corrected chi connectivity index (χ1v) is 5.78. The van der Waals surface area contributed by atoms with Crippen molar-refractivity contribution in [1.29, 1.82) is 0 Å². The average Bonchev–Trinajstić information content (AvgIpc) is 2.31. The Morgan fingerprint density at radius 3 is 2.83 bits per heavy atom. The molecule has 1 aromatic rings. The second-order valence-corrected chi connectivity index (χ2v) is 4.47. The lowest BCUT2D eigenvalue weighted by atomic mass is 10.1. The molecule has 0 saturated carbocycles. The van der Waals surface area contributed by atoms with Crippen LogP contribution in [0.25, 0.3) is 0 Å². The van der Waals surface area contributed by atoms with Crippen LogP contribution >= 0.6 is 0 Å². The van der Waals surface area contributed by atoms with Gasteiger partial charge in [-0.3, -0.25) is 4.79 Å². The highest BCUT2D eigenvalue weighted by atomic mass is 19.1. The highest BCUT2D eigenvalue weighted by Crippen LogP contribution is 2.17. The van der Waals surface area contributed by atoms with Gasteiger partial charge in [0.2, 0.25) is 0 Å². The summed E-state index contributed by atoms with van der Waals surface area (Å²) in [7, 11) is 1.60. The number of rotatable bonds is 5. The number of nitrogen functional groups attached to an aromatic ring is 1. The molecule has 1 atom stereocenters. The predicted molar refractivity (Wildman–Crippen MR) is 68.9 cm³/mol. The molecule has 0 heterocycles. The zero-order valence-electron chi connectivity index (χ0n) is 10.9. The second-order valence-electron chi connectivity index (χ2n) is 4.47. The SMILES string of the molecule is COCC(C)CNC(=O)c1cc(N)cc(C)c1F. The zero-order chi connectivity index (χ0) is 13.7. The Kier molecular flexibility index (Phi) is 5.09. The van der Waals surface area contributed by atoms with Crippen LogP contribution < -0.4 is 11.1 Å². The van der Waals surface area contributed by atoms with Gasteiger partial charge in [0.1, 0.15) is 5.82 Å². The maximum Gasteiger partial charge on any atom is 0.254 e. The van der Waals surface area contributed by atoms with Crippen LogP contribution in [0.5, 0.6) is 0 Å². The van der Waals surface area contributed by atoms with Crippen molar-refractivity contribution in [3.05, 3.63) is 29.1 Å². The van der Waals surface area contributed by atoms with Crippen molar-refractivity contribution in [2.24, 2.45) is 5.92 Å². The first-order chi connectivity index (χ1) is 8.45. The summed E-state index contributed by atoms with van der Waals surface area (Å²) in [4.78, 5) is 11.8. The van der Waals surface area contributed by atoms with Crippen LogP contribution in [0.15, 0.2) is 12.1 Å². The van der Waals surface area contributed by atoms with Gasteiger partial charge in [0, 0.05) is 19.3 Å². The molecule has 0 aromatic heterocycles. The van der Waals surface area contributed by atoms with Gasteiger partial charge in [-0.1, -0.05) is 6.92 Å². The molecule has 0 saturated heterocycles. The lowest BCUT2D eigenvalue weighted by Crippen LogP contribution is -2.30. The fourth-order valence-electron chi connectivity index (χ4n) is 1.67. The van der Waals surface area contributed by atoms with E-state index in [-0.39, 0.29) is 11.5 Å². The van der Waals surface area contributed by atoms with E-state index in [0.29, 0.717) is 24.4 Å². The Bertz CT molecular complexity index is 435. The Morgan fingerprint density at radius 1 is 1.56 bits per heavy atom. The van der Waals surface area contributed by atoms with Crippen molar-refractivity contribution in [3.63, 3.8) is 0 Å². The zero-order valence-corrected chi connectivity index (χ0v) is 10.9. The van der Waals surface area contributed by atoms with Gasteiger partial charge in [-0.25, -0.2) is 4.39 Å². The number of anilines is 1. The molecule has 1 amide bonds. The third-order valence-corrected chi connectivity index (χ3v) is 2.58. The number of halogens is 1. The van der Waals surface area contributed by atoms with Crippen molar-refractivity contribution in [2.75, 3.05) is 26.0 Å². The van der Waals surface area contributed by atoms with Crippen molar-refractivity contribution in [2.45, 2.75) is 13.8 Å². The molecule has 1 aromatic carbocycles. The van der Waals surface area contributed by atoms with E-state index in [1.807, 2.05) is 6.92 Å². The number of amides is 1. The van der Waals surface area contributed by atoms with Crippen molar-refractivity contribution in [1.82, 2.24) is 5.32 Å². The molecule has 0 aliphatic heterocycles. The Morgan fingerprint density at radius 2 is 2.22 bits per heavy atom. The molecule has 0 radical (unpaired) electrons. The summed E-state index contributed by atoms with van der Waals surface area (Å²) in [5.74, 6) is -0.809. The predicted octanol–water partition coefficient (Wildman–Crippen LogP) is 1.73. The van der Waals surface area contributed by atoms with Crippen molar-refractivity contribution < 1.29 is 13.9 Å².